The van der Waals surface area contributed by atoms with Gasteiger partial charge in [-0.2, -0.15) is 11.3 Å². The second-order valence-electron chi connectivity index (χ2n) is 4.36. The third-order valence-electron chi connectivity index (χ3n) is 2.97. The molecular weight excluding hydrogens is 294 g/mol. The third-order valence-corrected chi connectivity index (χ3v) is 4.04. The fourth-order valence-corrected chi connectivity index (χ4v) is 2.83. The molecule has 20 heavy (non-hydrogen) atoms. The van der Waals surface area contributed by atoms with Gasteiger partial charge in [0.2, 0.25) is 5.91 Å². The van der Waals surface area contributed by atoms with Gasteiger partial charge in [-0.1, -0.05) is 29.8 Å². The van der Waals surface area contributed by atoms with E-state index < -0.39 is 0 Å². The maximum Gasteiger partial charge on any atom is 0.224 e. The number of thiophene rings is 1. The van der Waals surface area contributed by atoms with Crippen molar-refractivity contribution in [3.63, 3.8) is 0 Å². The predicted molar refractivity (Wildman–Crippen MR) is 82.2 cm³/mol. The van der Waals surface area contributed by atoms with Gasteiger partial charge >= 0.3 is 0 Å². The zero-order valence-electron chi connectivity index (χ0n) is 11.1. The van der Waals surface area contributed by atoms with Crippen molar-refractivity contribution in [3.8, 4) is 0 Å². The zero-order chi connectivity index (χ0) is 14.4. The van der Waals surface area contributed by atoms with Crippen LogP contribution < -0.4 is 5.32 Å². The standard InChI is InChI=1S/C15H16ClNO2S/c1-19-14(12-4-2-3-5-13(12)16)9-17-15(18)8-11-6-7-20-10-11/h2-7,10,14H,8-9H2,1H3,(H,17,18)/t14-/m0/s1. The maximum absolute atomic E-state index is 11.9. The number of carbonyl (C=O) groups is 1. The van der Waals surface area contributed by atoms with E-state index in [1.165, 1.54) is 0 Å². The van der Waals surface area contributed by atoms with Crippen molar-refractivity contribution in [2.75, 3.05) is 13.7 Å². The van der Waals surface area contributed by atoms with E-state index in [0.717, 1.165) is 11.1 Å². The number of nitrogens with one attached hydrogen (secondary N) is 1. The highest BCUT2D eigenvalue weighted by Crippen LogP contribution is 2.24. The van der Waals surface area contributed by atoms with Gasteiger partial charge in [-0.15, -0.1) is 0 Å². The Bertz CT molecular complexity index is 557. The fraction of sp³-hybridized carbons (Fsp3) is 0.267. The minimum absolute atomic E-state index is 0.0162. The van der Waals surface area contributed by atoms with Crippen LogP contribution >= 0.6 is 22.9 Å². The molecule has 106 valence electrons. The lowest BCUT2D eigenvalue weighted by molar-refractivity contribution is -0.121. The first-order chi connectivity index (χ1) is 9.70. The molecule has 1 N–H and O–H groups in total. The van der Waals surface area contributed by atoms with E-state index in [1.54, 1.807) is 18.4 Å². The molecule has 2 rings (SSSR count). The van der Waals surface area contributed by atoms with Crippen molar-refractivity contribution in [2.24, 2.45) is 0 Å². The van der Waals surface area contributed by atoms with E-state index in [-0.39, 0.29) is 12.0 Å². The summed E-state index contributed by atoms with van der Waals surface area (Å²) in [6.45, 7) is 0.406. The monoisotopic (exact) mass is 309 g/mol. The maximum atomic E-state index is 11.9. The Morgan fingerprint density at radius 1 is 1.40 bits per heavy atom. The summed E-state index contributed by atoms with van der Waals surface area (Å²) in [7, 11) is 1.61. The highest BCUT2D eigenvalue weighted by Gasteiger charge is 2.15. The molecule has 1 atom stereocenters. The number of hydrogen-bond donors (Lipinski definition) is 1. The number of halogens is 1. The summed E-state index contributed by atoms with van der Waals surface area (Å²) in [5, 5.41) is 7.46. The Kier molecular flexibility index (Phi) is 5.59. The van der Waals surface area contributed by atoms with Crippen molar-refractivity contribution in [1.29, 1.82) is 0 Å². The van der Waals surface area contributed by atoms with E-state index >= 15 is 0 Å². The first-order valence-corrected chi connectivity index (χ1v) is 7.57. The van der Waals surface area contributed by atoms with Crippen LogP contribution in [0.3, 0.4) is 0 Å². The van der Waals surface area contributed by atoms with Crippen molar-refractivity contribution >= 4 is 28.8 Å². The number of benzene rings is 1. The molecule has 1 aromatic heterocycles. The second kappa shape index (κ2) is 7.43. The van der Waals surface area contributed by atoms with Crippen molar-refractivity contribution < 1.29 is 9.53 Å². The summed E-state index contributed by atoms with van der Waals surface area (Å²) in [5.41, 5.74) is 1.91. The Morgan fingerprint density at radius 3 is 2.85 bits per heavy atom. The number of methoxy groups -OCH3 is 1. The van der Waals surface area contributed by atoms with Crippen molar-refractivity contribution in [3.05, 3.63) is 57.2 Å². The van der Waals surface area contributed by atoms with E-state index in [1.807, 2.05) is 41.1 Å². The van der Waals surface area contributed by atoms with Gasteiger partial charge in [0, 0.05) is 24.2 Å². The SMILES string of the molecule is CO[C@@H](CNC(=O)Cc1ccsc1)c1ccccc1Cl. The molecule has 0 saturated heterocycles. The Morgan fingerprint density at radius 2 is 2.20 bits per heavy atom. The zero-order valence-corrected chi connectivity index (χ0v) is 12.7. The molecule has 0 bridgehead atoms. The normalized spacial score (nSPS) is 12.1. The van der Waals surface area contributed by atoms with Gasteiger partial charge in [-0.25, -0.2) is 0 Å². The van der Waals surface area contributed by atoms with E-state index in [9.17, 15) is 4.79 Å². The summed E-state index contributed by atoms with van der Waals surface area (Å²) < 4.78 is 5.41. The van der Waals surface area contributed by atoms with Crippen molar-refractivity contribution in [1.82, 2.24) is 5.32 Å². The van der Waals surface area contributed by atoms with E-state index in [2.05, 4.69) is 5.32 Å². The van der Waals surface area contributed by atoms with Crippen LogP contribution in [0.15, 0.2) is 41.1 Å². The molecule has 0 aliphatic heterocycles. The average molecular weight is 310 g/mol. The molecular formula is C15H16ClNO2S. The molecule has 0 spiro atoms. The van der Waals surface area contributed by atoms with Gasteiger partial charge in [-0.05, 0) is 28.5 Å². The molecule has 0 radical (unpaired) electrons. The topological polar surface area (TPSA) is 38.3 Å². The minimum atomic E-state index is -0.241. The highest BCUT2D eigenvalue weighted by molar-refractivity contribution is 7.07. The van der Waals surface area contributed by atoms with Gasteiger partial charge in [-0.3, -0.25) is 4.79 Å². The lowest BCUT2D eigenvalue weighted by Crippen LogP contribution is -2.30. The van der Waals surface area contributed by atoms with E-state index in [0.29, 0.717) is 18.0 Å². The summed E-state index contributed by atoms with van der Waals surface area (Å²) in [6, 6.07) is 9.44. The van der Waals surface area contributed by atoms with Crippen LogP contribution in [-0.4, -0.2) is 19.6 Å². The quantitative estimate of drug-likeness (QED) is 0.887. The van der Waals surface area contributed by atoms with Crippen LogP contribution in [0.4, 0.5) is 0 Å². The fourth-order valence-electron chi connectivity index (χ4n) is 1.90. The molecule has 0 aliphatic rings. The lowest BCUT2D eigenvalue weighted by atomic mass is 10.1. The molecule has 2 aromatic rings. The minimum Gasteiger partial charge on any atom is -0.375 e. The molecule has 1 aromatic carbocycles. The molecule has 0 aliphatic carbocycles. The molecule has 0 saturated carbocycles. The molecule has 3 nitrogen and oxygen atoms in total. The van der Waals surface area contributed by atoms with Crippen LogP contribution in [0.25, 0.3) is 0 Å². The van der Waals surface area contributed by atoms with Crippen molar-refractivity contribution in [2.45, 2.75) is 12.5 Å². The molecule has 5 heteroatoms. The average Bonchev–Trinajstić information content (AvgIpc) is 2.94. The number of hydrogen-bond acceptors (Lipinski definition) is 3. The molecule has 0 unspecified atom stereocenters. The first-order valence-electron chi connectivity index (χ1n) is 6.25. The van der Waals surface area contributed by atoms with Gasteiger partial charge in [0.1, 0.15) is 6.10 Å². The summed E-state index contributed by atoms with van der Waals surface area (Å²) in [6.07, 6.45) is 0.151. The molecule has 1 amide bonds. The largest absolute Gasteiger partial charge is 0.375 e. The number of ether oxygens (including phenoxy) is 1. The first kappa shape index (κ1) is 15.0. The van der Waals surface area contributed by atoms with Crippen LogP contribution in [-0.2, 0) is 16.0 Å². The van der Waals surface area contributed by atoms with Crippen LogP contribution in [0.2, 0.25) is 5.02 Å². The predicted octanol–water partition coefficient (Wildman–Crippen LogP) is 3.45. The second-order valence-corrected chi connectivity index (χ2v) is 5.55. The third kappa shape index (κ3) is 4.07. The number of carbonyl (C=O) groups excluding carboxylic acids is 1. The smallest absolute Gasteiger partial charge is 0.224 e. The summed E-state index contributed by atoms with van der Waals surface area (Å²) >= 11 is 7.72. The van der Waals surface area contributed by atoms with Crippen LogP contribution in [0, 0.1) is 0 Å². The number of rotatable bonds is 6. The van der Waals surface area contributed by atoms with E-state index in [4.69, 9.17) is 16.3 Å². The molecule has 0 fully saturated rings. The highest BCUT2D eigenvalue weighted by atomic mass is 35.5. The van der Waals surface area contributed by atoms with Gasteiger partial charge in [0.25, 0.3) is 0 Å². The molecule has 1 heterocycles. The van der Waals surface area contributed by atoms with Gasteiger partial charge < -0.3 is 10.1 Å². The van der Waals surface area contributed by atoms with Gasteiger partial charge in [0.15, 0.2) is 0 Å². The summed E-state index contributed by atoms with van der Waals surface area (Å²) in [4.78, 5) is 11.9. The van der Waals surface area contributed by atoms with Gasteiger partial charge in [0.05, 0.1) is 6.42 Å². The Balaban J connectivity index is 1.91. The number of amides is 1. The summed E-state index contributed by atoms with van der Waals surface area (Å²) in [5.74, 6) is -0.0162. The Hall–Kier alpha value is -1.36. The van der Waals surface area contributed by atoms with Crippen LogP contribution in [0.5, 0.6) is 0 Å². The van der Waals surface area contributed by atoms with Crippen LogP contribution in [0.1, 0.15) is 17.2 Å². The Labute approximate surface area is 127 Å². The lowest BCUT2D eigenvalue weighted by Gasteiger charge is -2.17.